The van der Waals surface area contributed by atoms with Crippen LogP contribution in [0.1, 0.15) is 42.3 Å². The molecule has 2 aromatic heterocycles. The molecule has 6 nitrogen and oxygen atoms in total. The molecule has 29 heavy (non-hydrogen) atoms. The molecule has 0 saturated carbocycles. The molecule has 1 aliphatic heterocycles. The lowest BCUT2D eigenvalue weighted by Crippen LogP contribution is -2.43. The maximum Gasteiger partial charge on any atom is 0.264 e. The molecule has 1 aliphatic rings. The van der Waals surface area contributed by atoms with Crippen molar-refractivity contribution in [1.29, 1.82) is 0 Å². The van der Waals surface area contributed by atoms with Crippen LogP contribution in [0.25, 0.3) is 21.5 Å². The highest BCUT2D eigenvalue weighted by Crippen LogP contribution is 2.38. The van der Waals surface area contributed by atoms with Crippen molar-refractivity contribution in [1.82, 2.24) is 14.7 Å². The summed E-state index contributed by atoms with van der Waals surface area (Å²) >= 11 is 1.52. The summed E-state index contributed by atoms with van der Waals surface area (Å²) in [5.41, 5.74) is 1.79. The Kier molecular flexibility index (Phi) is 5.50. The van der Waals surface area contributed by atoms with Crippen molar-refractivity contribution in [3.05, 3.63) is 29.1 Å². The monoisotopic (exact) mass is 413 g/mol. The summed E-state index contributed by atoms with van der Waals surface area (Å²) in [6.07, 6.45) is 4.41. The van der Waals surface area contributed by atoms with E-state index in [2.05, 4.69) is 11.8 Å². The lowest BCUT2D eigenvalue weighted by molar-refractivity contribution is 0.0613. The molecule has 1 aromatic carbocycles. The number of methoxy groups -OCH3 is 2. The lowest BCUT2D eigenvalue weighted by Gasteiger charge is -2.35. The van der Waals surface area contributed by atoms with E-state index in [0.717, 1.165) is 52.2 Å². The summed E-state index contributed by atoms with van der Waals surface area (Å²) in [5, 5.41) is 5.70. The van der Waals surface area contributed by atoms with Gasteiger partial charge in [-0.1, -0.05) is 6.92 Å². The Morgan fingerprint density at radius 1 is 1.21 bits per heavy atom. The SMILES string of the molecule is CC[C@H]1CCCCN1C(=O)c1cc2c(-c3ccc(OC)c(OC)c3)nn(C)c2s1. The molecular weight excluding hydrogens is 386 g/mol. The Morgan fingerprint density at radius 3 is 2.72 bits per heavy atom. The van der Waals surface area contributed by atoms with Crippen LogP contribution in [0.5, 0.6) is 11.5 Å². The molecule has 0 aliphatic carbocycles. The summed E-state index contributed by atoms with van der Waals surface area (Å²) in [6, 6.07) is 8.14. The molecule has 1 atom stereocenters. The van der Waals surface area contributed by atoms with Gasteiger partial charge in [0.1, 0.15) is 10.5 Å². The van der Waals surface area contributed by atoms with Crippen LogP contribution in [0, 0.1) is 0 Å². The molecule has 0 unspecified atom stereocenters. The molecule has 4 rings (SSSR count). The Balaban J connectivity index is 1.73. The first-order chi connectivity index (χ1) is 14.1. The molecule has 154 valence electrons. The van der Waals surface area contributed by atoms with E-state index < -0.39 is 0 Å². The van der Waals surface area contributed by atoms with Gasteiger partial charge in [-0.15, -0.1) is 11.3 Å². The Bertz CT molecular complexity index is 1040. The zero-order valence-corrected chi connectivity index (χ0v) is 18.2. The second kappa shape index (κ2) is 8.06. The van der Waals surface area contributed by atoms with E-state index in [9.17, 15) is 4.79 Å². The van der Waals surface area contributed by atoms with Gasteiger partial charge in [0.2, 0.25) is 0 Å². The molecule has 3 heterocycles. The molecular formula is C22H27N3O3S. The van der Waals surface area contributed by atoms with Crippen molar-refractivity contribution in [2.45, 2.75) is 38.6 Å². The molecule has 0 radical (unpaired) electrons. The molecule has 3 aromatic rings. The number of fused-ring (bicyclic) bond motifs is 1. The minimum absolute atomic E-state index is 0.149. The van der Waals surface area contributed by atoms with Crippen LogP contribution < -0.4 is 9.47 Å². The number of hydrogen-bond donors (Lipinski definition) is 0. The second-order valence-corrected chi connectivity index (χ2v) is 8.46. The summed E-state index contributed by atoms with van der Waals surface area (Å²) in [4.78, 5) is 17.1. The van der Waals surface area contributed by atoms with Crippen LogP contribution in [-0.4, -0.2) is 47.4 Å². The van der Waals surface area contributed by atoms with Crippen molar-refractivity contribution < 1.29 is 14.3 Å². The highest BCUT2D eigenvalue weighted by Gasteiger charge is 2.28. The number of piperidine rings is 1. The van der Waals surface area contributed by atoms with E-state index in [1.54, 1.807) is 14.2 Å². The molecule has 0 bridgehead atoms. The predicted molar refractivity (Wildman–Crippen MR) is 116 cm³/mol. The molecule has 0 spiro atoms. The maximum atomic E-state index is 13.2. The molecule has 0 N–H and O–H groups in total. The fourth-order valence-electron chi connectivity index (χ4n) is 4.18. The average molecular weight is 414 g/mol. The first kappa shape index (κ1) is 19.8. The van der Waals surface area contributed by atoms with Crippen molar-refractivity contribution in [3.63, 3.8) is 0 Å². The lowest BCUT2D eigenvalue weighted by atomic mass is 10.00. The van der Waals surface area contributed by atoms with E-state index >= 15 is 0 Å². The number of ether oxygens (including phenoxy) is 2. The summed E-state index contributed by atoms with van der Waals surface area (Å²) in [5.74, 6) is 1.49. The number of rotatable bonds is 5. The zero-order valence-electron chi connectivity index (χ0n) is 17.4. The number of aryl methyl sites for hydroxylation is 1. The average Bonchev–Trinajstić information content (AvgIpc) is 3.33. The van der Waals surface area contributed by atoms with E-state index in [1.165, 1.54) is 17.8 Å². The second-order valence-electron chi connectivity index (χ2n) is 7.43. The van der Waals surface area contributed by atoms with Gasteiger partial charge >= 0.3 is 0 Å². The predicted octanol–water partition coefficient (Wildman–Crippen LogP) is 4.72. The van der Waals surface area contributed by atoms with Gasteiger partial charge in [-0.25, -0.2) is 0 Å². The normalized spacial score (nSPS) is 17.0. The Labute approximate surface area is 175 Å². The summed E-state index contributed by atoms with van der Waals surface area (Å²) in [6.45, 7) is 3.02. The van der Waals surface area contributed by atoms with Gasteiger partial charge in [-0.2, -0.15) is 5.10 Å². The smallest absolute Gasteiger partial charge is 0.264 e. The molecule has 7 heteroatoms. The number of likely N-dealkylation sites (tertiary alicyclic amines) is 1. The number of benzene rings is 1. The van der Waals surface area contributed by atoms with Crippen molar-refractivity contribution in [2.24, 2.45) is 7.05 Å². The molecule has 1 amide bonds. The van der Waals surface area contributed by atoms with E-state index in [4.69, 9.17) is 14.6 Å². The van der Waals surface area contributed by atoms with Crippen LogP contribution in [-0.2, 0) is 7.05 Å². The first-order valence-corrected chi connectivity index (χ1v) is 10.9. The largest absolute Gasteiger partial charge is 0.493 e. The van der Waals surface area contributed by atoms with Crippen molar-refractivity contribution >= 4 is 27.5 Å². The zero-order chi connectivity index (χ0) is 20.5. The number of carbonyl (C=O) groups is 1. The quantitative estimate of drug-likeness (QED) is 0.607. The minimum atomic E-state index is 0.149. The topological polar surface area (TPSA) is 56.6 Å². The van der Waals surface area contributed by atoms with Crippen LogP contribution in [0.4, 0.5) is 0 Å². The van der Waals surface area contributed by atoms with Gasteiger partial charge in [0.05, 0.1) is 19.1 Å². The standard InChI is InChI=1S/C22H27N3O3S/c1-5-15-8-6-7-11-25(15)21(26)19-13-16-20(23-24(2)22(16)29-19)14-9-10-17(27-3)18(12-14)28-4/h9-10,12-13,15H,5-8,11H2,1-4H3/t15-/m0/s1. The van der Waals surface area contributed by atoms with Gasteiger partial charge in [0.25, 0.3) is 5.91 Å². The maximum absolute atomic E-state index is 13.2. The van der Waals surface area contributed by atoms with Crippen molar-refractivity contribution in [3.8, 4) is 22.8 Å². The van der Waals surface area contributed by atoms with E-state index in [-0.39, 0.29) is 5.91 Å². The molecule has 1 fully saturated rings. The van der Waals surface area contributed by atoms with Gasteiger partial charge in [0, 0.05) is 30.6 Å². The van der Waals surface area contributed by atoms with Crippen LogP contribution in [0.2, 0.25) is 0 Å². The van der Waals surface area contributed by atoms with Crippen LogP contribution in [0.15, 0.2) is 24.3 Å². The van der Waals surface area contributed by atoms with Gasteiger partial charge in [-0.3, -0.25) is 9.48 Å². The van der Waals surface area contributed by atoms with Crippen LogP contribution in [0.3, 0.4) is 0 Å². The third kappa shape index (κ3) is 3.48. The first-order valence-electron chi connectivity index (χ1n) is 10.1. The van der Waals surface area contributed by atoms with Gasteiger partial charge in [0.15, 0.2) is 11.5 Å². The number of carbonyl (C=O) groups excluding carboxylic acids is 1. The third-order valence-corrected chi connectivity index (χ3v) is 6.93. The Hall–Kier alpha value is -2.54. The van der Waals surface area contributed by atoms with Crippen molar-refractivity contribution in [2.75, 3.05) is 20.8 Å². The minimum Gasteiger partial charge on any atom is -0.493 e. The highest BCUT2D eigenvalue weighted by molar-refractivity contribution is 7.20. The number of nitrogens with zero attached hydrogens (tertiary/aromatic N) is 3. The fourth-order valence-corrected chi connectivity index (χ4v) is 5.20. The number of aromatic nitrogens is 2. The molecule has 1 saturated heterocycles. The number of hydrogen-bond acceptors (Lipinski definition) is 5. The number of amides is 1. The van der Waals surface area contributed by atoms with Gasteiger partial charge in [-0.05, 0) is 49.9 Å². The fraction of sp³-hybridized carbons (Fsp3) is 0.455. The van der Waals surface area contributed by atoms with Crippen LogP contribution >= 0.6 is 11.3 Å². The van der Waals surface area contributed by atoms with E-state index in [0.29, 0.717) is 17.5 Å². The Morgan fingerprint density at radius 2 is 2.00 bits per heavy atom. The summed E-state index contributed by atoms with van der Waals surface area (Å²) < 4.78 is 12.6. The van der Waals surface area contributed by atoms with Gasteiger partial charge < -0.3 is 14.4 Å². The third-order valence-electron chi connectivity index (χ3n) is 5.74. The highest BCUT2D eigenvalue weighted by atomic mass is 32.1. The number of thiophene rings is 1. The van der Waals surface area contributed by atoms with E-state index in [1.807, 2.05) is 36.0 Å². The summed E-state index contributed by atoms with van der Waals surface area (Å²) in [7, 11) is 5.17.